The highest BCUT2D eigenvalue weighted by molar-refractivity contribution is 7.18. The number of aromatic nitrogens is 1. The van der Waals surface area contributed by atoms with E-state index >= 15 is 0 Å². The summed E-state index contributed by atoms with van der Waals surface area (Å²) in [5.74, 6) is 0.919. The zero-order valence-electron chi connectivity index (χ0n) is 11.8. The Bertz CT molecular complexity index is 771. The van der Waals surface area contributed by atoms with Gasteiger partial charge >= 0.3 is 0 Å². The number of para-hydroxylation sites is 1. The van der Waals surface area contributed by atoms with Crippen molar-refractivity contribution < 1.29 is 4.74 Å². The lowest BCUT2D eigenvalue weighted by atomic mass is 10.1. The summed E-state index contributed by atoms with van der Waals surface area (Å²) in [5.41, 5.74) is 3.66. The van der Waals surface area contributed by atoms with Gasteiger partial charge in [-0.3, -0.25) is 0 Å². The van der Waals surface area contributed by atoms with Crippen LogP contribution in [0.5, 0.6) is 5.75 Å². The molecule has 2 heterocycles. The Morgan fingerprint density at radius 3 is 3.05 bits per heavy atom. The molecule has 3 aromatic rings. The van der Waals surface area contributed by atoms with Crippen LogP contribution in [0.3, 0.4) is 0 Å². The molecular formula is C17H16N2OS. The number of rotatable bonds is 3. The number of nitrogens with one attached hydrogen (secondary N) is 1. The fourth-order valence-corrected chi connectivity index (χ4v) is 3.82. The summed E-state index contributed by atoms with van der Waals surface area (Å²) in [6, 6.07) is 14.9. The Kier molecular flexibility index (Phi) is 3.04. The molecule has 1 atom stereocenters. The normalized spacial score (nSPS) is 16.7. The van der Waals surface area contributed by atoms with Crippen molar-refractivity contribution in [3.8, 4) is 5.75 Å². The second-order valence-corrected chi connectivity index (χ2v) is 6.24. The molecule has 0 radical (unpaired) electrons. The Hall–Kier alpha value is -2.07. The molecule has 0 fully saturated rings. The van der Waals surface area contributed by atoms with E-state index in [1.807, 2.05) is 19.1 Å². The van der Waals surface area contributed by atoms with E-state index < -0.39 is 0 Å². The summed E-state index contributed by atoms with van der Waals surface area (Å²) in [6.45, 7) is 2.69. The van der Waals surface area contributed by atoms with Gasteiger partial charge in [0, 0.05) is 12.1 Å². The van der Waals surface area contributed by atoms with E-state index in [9.17, 15) is 0 Å². The van der Waals surface area contributed by atoms with Gasteiger partial charge in [0.2, 0.25) is 0 Å². The summed E-state index contributed by atoms with van der Waals surface area (Å²) in [7, 11) is 0. The van der Waals surface area contributed by atoms with Gasteiger partial charge in [0.15, 0.2) is 0 Å². The first-order valence-corrected chi connectivity index (χ1v) is 8.03. The number of thiazole rings is 1. The summed E-state index contributed by atoms with van der Waals surface area (Å²) >= 11 is 1.75. The first-order valence-electron chi connectivity index (χ1n) is 7.21. The van der Waals surface area contributed by atoms with Crippen molar-refractivity contribution in [2.24, 2.45) is 0 Å². The number of hydrogen-bond acceptors (Lipinski definition) is 4. The van der Waals surface area contributed by atoms with Crippen LogP contribution in [0.25, 0.3) is 10.2 Å². The number of hydrogen-bond donors (Lipinski definition) is 1. The Morgan fingerprint density at radius 1 is 1.29 bits per heavy atom. The van der Waals surface area contributed by atoms with Gasteiger partial charge < -0.3 is 10.1 Å². The van der Waals surface area contributed by atoms with Crippen LogP contribution < -0.4 is 10.1 Å². The van der Waals surface area contributed by atoms with E-state index in [2.05, 4.69) is 35.6 Å². The lowest BCUT2D eigenvalue weighted by Crippen LogP contribution is -2.04. The third-order valence-electron chi connectivity index (χ3n) is 3.76. The van der Waals surface area contributed by atoms with E-state index in [1.165, 1.54) is 16.0 Å². The molecule has 0 amide bonds. The van der Waals surface area contributed by atoms with E-state index in [-0.39, 0.29) is 6.04 Å². The minimum absolute atomic E-state index is 0.287. The molecule has 3 nitrogen and oxygen atoms in total. The second-order valence-electron chi connectivity index (χ2n) is 5.17. The lowest BCUT2D eigenvalue weighted by molar-refractivity contribution is 0.341. The molecule has 0 saturated heterocycles. The molecule has 1 aliphatic rings. The topological polar surface area (TPSA) is 34.1 Å². The van der Waals surface area contributed by atoms with Gasteiger partial charge in [0.05, 0.1) is 22.9 Å². The minimum atomic E-state index is 0.287. The fourth-order valence-electron chi connectivity index (χ4n) is 2.78. The minimum Gasteiger partial charge on any atom is -0.494 e. The largest absolute Gasteiger partial charge is 0.494 e. The standard InChI is InChI=1S/C17H16N2OS/c1-2-20-12-7-8-14-16(10-12)21-17(19-14)15-9-11-5-3-4-6-13(11)18-15/h3-8,10,15,18H,2,9H2,1H3. The average Bonchev–Trinajstić information content (AvgIpc) is 3.10. The molecule has 4 rings (SSSR count). The van der Waals surface area contributed by atoms with Crippen LogP contribution in [-0.2, 0) is 6.42 Å². The monoisotopic (exact) mass is 296 g/mol. The van der Waals surface area contributed by atoms with Gasteiger partial charge in [0.1, 0.15) is 10.8 Å². The van der Waals surface area contributed by atoms with Crippen LogP contribution in [-0.4, -0.2) is 11.6 Å². The molecule has 0 aliphatic carbocycles. The highest BCUT2D eigenvalue weighted by atomic mass is 32.1. The van der Waals surface area contributed by atoms with Crippen molar-refractivity contribution in [3.05, 3.63) is 53.0 Å². The third-order valence-corrected chi connectivity index (χ3v) is 4.89. The molecular weight excluding hydrogens is 280 g/mol. The van der Waals surface area contributed by atoms with Crippen molar-refractivity contribution >= 4 is 27.2 Å². The third kappa shape index (κ3) is 2.25. The summed E-state index contributed by atoms with van der Waals surface area (Å²) in [4.78, 5) is 4.78. The van der Waals surface area contributed by atoms with Gasteiger partial charge in [-0.05, 0) is 36.8 Å². The van der Waals surface area contributed by atoms with E-state index in [0.29, 0.717) is 6.61 Å². The molecule has 1 aromatic heterocycles. The van der Waals surface area contributed by atoms with Crippen LogP contribution >= 0.6 is 11.3 Å². The fraction of sp³-hybridized carbons (Fsp3) is 0.235. The van der Waals surface area contributed by atoms with Crippen LogP contribution in [0.15, 0.2) is 42.5 Å². The van der Waals surface area contributed by atoms with E-state index in [4.69, 9.17) is 9.72 Å². The van der Waals surface area contributed by atoms with Crippen molar-refractivity contribution in [3.63, 3.8) is 0 Å². The Balaban J connectivity index is 1.66. The maximum Gasteiger partial charge on any atom is 0.120 e. The molecule has 1 aliphatic heterocycles. The van der Waals surface area contributed by atoms with Crippen molar-refractivity contribution in [2.75, 3.05) is 11.9 Å². The lowest BCUT2D eigenvalue weighted by Gasteiger charge is -2.06. The van der Waals surface area contributed by atoms with Gasteiger partial charge in [-0.15, -0.1) is 11.3 Å². The molecule has 106 valence electrons. The molecule has 2 aromatic carbocycles. The summed E-state index contributed by atoms with van der Waals surface area (Å²) < 4.78 is 6.75. The zero-order chi connectivity index (χ0) is 14.2. The zero-order valence-corrected chi connectivity index (χ0v) is 12.6. The summed E-state index contributed by atoms with van der Waals surface area (Å²) in [5, 5.41) is 4.72. The SMILES string of the molecule is CCOc1ccc2nc(C3Cc4ccccc4N3)sc2c1. The quantitative estimate of drug-likeness (QED) is 0.777. The first-order chi connectivity index (χ1) is 10.3. The Labute approximate surface area is 127 Å². The van der Waals surface area contributed by atoms with Gasteiger partial charge in [-0.25, -0.2) is 4.98 Å². The first kappa shape index (κ1) is 12.7. The number of ether oxygens (including phenoxy) is 1. The molecule has 0 saturated carbocycles. The van der Waals surface area contributed by atoms with Gasteiger partial charge in [0.25, 0.3) is 0 Å². The Morgan fingerprint density at radius 2 is 2.19 bits per heavy atom. The molecule has 1 N–H and O–H groups in total. The number of nitrogens with zero attached hydrogens (tertiary/aromatic N) is 1. The van der Waals surface area contributed by atoms with Crippen LogP contribution in [0, 0.1) is 0 Å². The molecule has 0 bridgehead atoms. The van der Waals surface area contributed by atoms with Crippen molar-refractivity contribution in [1.82, 2.24) is 4.98 Å². The van der Waals surface area contributed by atoms with E-state index in [0.717, 1.165) is 22.7 Å². The van der Waals surface area contributed by atoms with Crippen molar-refractivity contribution in [1.29, 1.82) is 0 Å². The molecule has 21 heavy (non-hydrogen) atoms. The predicted molar refractivity (Wildman–Crippen MR) is 87.3 cm³/mol. The average molecular weight is 296 g/mol. The van der Waals surface area contributed by atoms with Gasteiger partial charge in [-0.2, -0.15) is 0 Å². The highest BCUT2D eigenvalue weighted by Crippen LogP contribution is 2.37. The molecule has 4 heteroatoms. The number of fused-ring (bicyclic) bond motifs is 2. The van der Waals surface area contributed by atoms with Crippen LogP contribution in [0.1, 0.15) is 23.5 Å². The smallest absolute Gasteiger partial charge is 0.120 e. The maximum atomic E-state index is 5.56. The number of anilines is 1. The van der Waals surface area contributed by atoms with E-state index in [1.54, 1.807) is 11.3 Å². The van der Waals surface area contributed by atoms with Gasteiger partial charge in [-0.1, -0.05) is 18.2 Å². The second kappa shape index (κ2) is 5.04. The van der Waals surface area contributed by atoms with Crippen LogP contribution in [0.4, 0.5) is 5.69 Å². The highest BCUT2D eigenvalue weighted by Gasteiger charge is 2.24. The maximum absolute atomic E-state index is 5.56. The molecule has 1 unspecified atom stereocenters. The van der Waals surface area contributed by atoms with Crippen molar-refractivity contribution in [2.45, 2.75) is 19.4 Å². The predicted octanol–water partition coefficient (Wildman–Crippen LogP) is 4.40. The molecule has 0 spiro atoms. The number of benzene rings is 2. The van der Waals surface area contributed by atoms with Crippen LogP contribution in [0.2, 0.25) is 0 Å². The summed E-state index contributed by atoms with van der Waals surface area (Å²) in [6.07, 6.45) is 1.01.